The van der Waals surface area contributed by atoms with Crippen LogP contribution in [0, 0.1) is 5.92 Å². The molecule has 1 N–H and O–H groups in total. The van der Waals surface area contributed by atoms with Crippen molar-refractivity contribution in [2.75, 3.05) is 14.2 Å². The lowest BCUT2D eigenvalue weighted by molar-refractivity contribution is -0.139. The average molecular weight is 425 g/mol. The number of carbonyl (C=O) groups excluding carboxylic acids is 1. The van der Waals surface area contributed by atoms with Gasteiger partial charge in [-0.1, -0.05) is 32.4 Å². The van der Waals surface area contributed by atoms with Gasteiger partial charge in [-0.05, 0) is 53.5 Å². The lowest BCUT2D eigenvalue weighted by Crippen LogP contribution is -2.25. The molecule has 0 fully saturated rings. The Labute approximate surface area is 182 Å². The molecule has 31 heavy (non-hydrogen) atoms. The first-order chi connectivity index (χ1) is 14.9. The van der Waals surface area contributed by atoms with Crippen molar-refractivity contribution in [2.45, 2.75) is 26.3 Å². The Bertz CT molecular complexity index is 966. The Morgan fingerprint density at radius 3 is 2.48 bits per heavy atom. The fourth-order valence-electron chi connectivity index (χ4n) is 2.74. The monoisotopic (exact) mass is 425 g/mol. The fourth-order valence-corrected chi connectivity index (χ4v) is 2.74. The van der Waals surface area contributed by atoms with Crippen molar-refractivity contribution in [1.82, 2.24) is 0 Å². The summed E-state index contributed by atoms with van der Waals surface area (Å²) in [6, 6.07) is 11.3. The number of ether oxygens (including phenoxy) is 3. The number of carbonyl (C=O) groups is 2. The van der Waals surface area contributed by atoms with Gasteiger partial charge >= 0.3 is 11.9 Å². The number of methoxy groups -OCH3 is 2. The van der Waals surface area contributed by atoms with Crippen LogP contribution in [0.2, 0.25) is 0 Å². The van der Waals surface area contributed by atoms with Crippen LogP contribution in [-0.2, 0) is 9.59 Å². The Kier molecular flexibility index (Phi) is 8.81. The van der Waals surface area contributed by atoms with Gasteiger partial charge in [-0.15, -0.1) is 0 Å². The number of aliphatic imine (C=N–C) groups is 1. The Morgan fingerprint density at radius 1 is 1.06 bits per heavy atom. The van der Waals surface area contributed by atoms with E-state index >= 15 is 0 Å². The molecule has 0 aromatic heterocycles. The van der Waals surface area contributed by atoms with Crippen LogP contribution >= 0.6 is 0 Å². The molecule has 0 spiro atoms. The number of hydrogen-bond donors (Lipinski definition) is 1. The van der Waals surface area contributed by atoms with Crippen LogP contribution in [0.25, 0.3) is 6.08 Å². The molecule has 0 aliphatic rings. The third-order valence-electron chi connectivity index (χ3n) is 4.72. The van der Waals surface area contributed by atoms with Gasteiger partial charge in [-0.2, -0.15) is 0 Å². The maximum Gasteiger partial charge on any atom is 0.336 e. The van der Waals surface area contributed by atoms with Gasteiger partial charge in [-0.3, -0.25) is 4.99 Å². The van der Waals surface area contributed by atoms with Crippen LogP contribution in [0.15, 0.2) is 53.5 Å². The first-order valence-electron chi connectivity index (χ1n) is 9.85. The van der Waals surface area contributed by atoms with Gasteiger partial charge in [0.2, 0.25) is 0 Å². The topological polar surface area (TPSA) is 94.4 Å². The van der Waals surface area contributed by atoms with Gasteiger partial charge in [0, 0.05) is 12.3 Å². The van der Waals surface area contributed by atoms with Crippen LogP contribution in [-0.4, -0.2) is 43.5 Å². The molecule has 0 bridgehead atoms. The summed E-state index contributed by atoms with van der Waals surface area (Å²) in [4.78, 5) is 27.8. The van der Waals surface area contributed by atoms with E-state index < -0.39 is 18.0 Å². The molecule has 164 valence electrons. The Morgan fingerprint density at radius 2 is 1.84 bits per heavy atom. The van der Waals surface area contributed by atoms with Crippen molar-refractivity contribution < 1.29 is 28.9 Å². The Hall–Kier alpha value is -3.61. The molecule has 2 atom stereocenters. The van der Waals surface area contributed by atoms with Gasteiger partial charge in [-0.25, -0.2) is 9.59 Å². The molecular weight excluding hydrogens is 398 g/mol. The number of nitrogens with zero attached hydrogens (tertiary/aromatic N) is 1. The molecule has 2 aromatic carbocycles. The number of carboxylic acids is 1. The van der Waals surface area contributed by atoms with Crippen LogP contribution in [0.3, 0.4) is 0 Å². The smallest absolute Gasteiger partial charge is 0.336 e. The predicted molar refractivity (Wildman–Crippen MR) is 119 cm³/mol. The van der Waals surface area contributed by atoms with E-state index in [4.69, 9.17) is 14.2 Å². The molecule has 0 saturated heterocycles. The second-order valence-electron chi connectivity index (χ2n) is 6.89. The average Bonchev–Trinajstić information content (AvgIpc) is 2.78. The van der Waals surface area contributed by atoms with Crippen molar-refractivity contribution >= 4 is 24.2 Å². The molecule has 0 aliphatic carbocycles. The van der Waals surface area contributed by atoms with E-state index in [1.807, 2.05) is 32.0 Å². The zero-order valence-electron chi connectivity index (χ0n) is 18.1. The standard InChI is InChI=1S/C24H27NO6/c1-5-16(2)23(24(27)28)25-15-18-9-11-20(21(14-18)30-4)31-22(26)12-10-17-7-6-8-19(13-17)29-3/h6-16,23H,5H2,1-4H3,(H,27,28)/b12-10+,25-15?. The molecule has 0 radical (unpaired) electrons. The highest BCUT2D eigenvalue weighted by Crippen LogP contribution is 2.28. The van der Waals surface area contributed by atoms with E-state index in [9.17, 15) is 14.7 Å². The molecule has 0 saturated carbocycles. The Balaban J connectivity index is 2.12. The van der Waals surface area contributed by atoms with Crippen molar-refractivity contribution in [3.8, 4) is 17.2 Å². The highest BCUT2D eigenvalue weighted by atomic mass is 16.6. The van der Waals surface area contributed by atoms with Crippen LogP contribution < -0.4 is 14.2 Å². The maximum atomic E-state index is 12.2. The number of aliphatic carboxylic acids is 1. The summed E-state index contributed by atoms with van der Waals surface area (Å²) in [7, 11) is 3.03. The summed E-state index contributed by atoms with van der Waals surface area (Å²) in [5.41, 5.74) is 1.43. The van der Waals surface area contributed by atoms with Crippen molar-refractivity contribution in [1.29, 1.82) is 0 Å². The van der Waals surface area contributed by atoms with Crippen molar-refractivity contribution in [2.24, 2.45) is 10.9 Å². The highest BCUT2D eigenvalue weighted by Gasteiger charge is 2.21. The van der Waals surface area contributed by atoms with Gasteiger partial charge in [0.05, 0.1) is 14.2 Å². The summed E-state index contributed by atoms with van der Waals surface area (Å²) in [6.45, 7) is 3.77. The molecule has 0 amide bonds. The largest absolute Gasteiger partial charge is 0.497 e. The zero-order chi connectivity index (χ0) is 22.8. The van der Waals surface area contributed by atoms with Crippen LogP contribution in [0.5, 0.6) is 17.2 Å². The molecule has 7 nitrogen and oxygen atoms in total. The SMILES string of the molecule is CCC(C)C(N=Cc1ccc(OC(=O)/C=C/c2cccc(OC)c2)c(OC)c1)C(=O)O. The third-order valence-corrected chi connectivity index (χ3v) is 4.72. The number of benzene rings is 2. The summed E-state index contributed by atoms with van der Waals surface area (Å²) >= 11 is 0. The lowest BCUT2D eigenvalue weighted by atomic mass is 10.00. The predicted octanol–water partition coefficient (Wildman–Crippen LogP) is 4.24. The molecule has 7 heteroatoms. The summed E-state index contributed by atoms with van der Waals surface area (Å²) in [5, 5.41) is 9.35. The molecule has 2 rings (SSSR count). The number of carboxylic acid groups (broad SMARTS) is 1. The summed E-state index contributed by atoms with van der Waals surface area (Å²) in [5.74, 6) is -0.351. The fraction of sp³-hybridized carbons (Fsp3) is 0.292. The number of esters is 1. The van der Waals surface area contributed by atoms with Gasteiger partial charge in [0.1, 0.15) is 11.8 Å². The molecule has 2 unspecified atom stereocenters. The molecule has 0 aliphatic heterocycles. The van der Waals surface area contributed by atoms with Crippen molar-refractivity contribution in [3.05, 3.63) is 59.7 Å². The molecular formula is C24H27NO6. The number of hydrogen-bond acceptors (Lipinski definition) is 6. The highest BCUT2D eigenvalue weighted by molar-refractivity contribution is 5.89. The van der Waals surface area contributed by atoms with Crippen molar-refractivity contribution in [3.63, 3.8) is 0 Å². The van der Waals surface area contributed by atoms with Crippen LogP contribution in [0.1, 0.15) is 31.4 Å². The maximum absolute atomic E-state index is 12.2. The van der Waals surface area contributed by atoms with E-state index in [1.54, 1.807) is 37.5 Å². The minimum Gasteiger partial charge on any atom is -0.497 e. The molecule has 0 heterocycles. The zero-order valence-corrected chi connectivity index (χ0v) is 18.1. The van der Waals surface area contributed by atoms with E-state index in [1.165, 1.54) is 19.4 Å². The minimum atomic E-state index is -0.967. The van der Waals surface area contributed by atoms with E-state index in [2.05, 4.69) is 4.99 Å². The summed E-state index contributed by atoms with van der Waals surface area (Å²) < 4.78 is 15.8. The van der Waals surface area contributed by atoms with Gasteiger partial charge in [0.25, 0.3) is 0 Å². The molecule has 2 aromatic rings. The van der Waals surface area contributed by atoms with Crippen LogP contribution in [0.4, 0.5) is 0 Å². The van der Waals surface area contributed by atoms with Gasteiger partial charge < -0.3 is 19.3 Å². The van der Waals surface area contributed by atoms with Gasteiger partial charge in [0.15, 0.2) is 11.5 Å². The summed E-state index contributed by atoms with van der Waals surface area (Å²) in [6.07, 6.45) is 5.13. The quantitative estimate of drug-likeness (QED) is 0.265. The first-order valence-corrected chi connectivity index (χ1v) is 9.85. The van der Waals surface area contributed by atoms with E-state index in [0.717, 1.165) is 5.56 Å². The second-order valence-corrected chi connectivity index (χ2v) is 6.89. The second kappa shape index (κ2) is 11.5. The van der Waals surface area contributed by atoms with E-state index in [0.29, 0.717) is 23.5 Å². The normalized spacial score (nSPS) is 13.2. The number of rotatable bonds is 10. The lowest BCUT2D eigenvalue weighted by Gasteiger charge is -2.14. The first kappa shape index (κ1) is 23.7. The van der Waals surface area contributed by atoms with E-state index in [-0.39, 0.29) is 11.7 Å². The minimum absolute atomic E-state index is 0.0905. The third kappa shape index (κ3) is 6.99.